The Balaban J connectivity index is 3.11. The average molecular weight is 314 g/mol. The number of aliphatic hydroxyl groups excluding tert-OH is 2. The van der Waals surface area contributed by atoms with Crippen molar-refractivity contribution in [2.24, 2.45) is 0 Å². The molecule has 0 saturated heterocycles. The van der Waals surface area contributed by atoms with Crippen LogP contribution in [0.3, 0.4) is 0 Å². The molecule has 1 aromatic rings. The molecule has 0 amide bonds. The quantitative estimate of drug-likeness (QED) is 0.667. The summed E-state index contributed by atoms with van der Waals surface area (Å²) in [6.45, 7) is 4.91. The average Bonchev–Trinajstić information content (AvgIpc) is 2.45. The van der Waals surface area contributed by atoms with Crippen LogP contribution < -0.4 is 9.47 Å². The molecule has 126 valence electrons. The smallest absolute Gasteiger partial charge is 0.131 e. The summed E-state index contributed by atoms with van der Waals surface area (Å²) < 4.78 is 16.1. The van der Waals surface area contributed by atoms with Gasteiger partial charge in [0.1, 0.15) is 24.2 Å². The largest absolute Gasteiger partial charge is 0.496 e. The summed E-state index contributed by atoms with van der Waals surface area (Å²) in [5, 5.41) is 29.1. The predicted molar refractivity (Wildman–Crippen MR) is 82.2 cm³/mol. The van der Waals surface area contributed by atoms with E-state index >= 15 is 0 Å². The Bertz CT molecular complexity index is 492. The van der Waals surface area contributed by atoms with Crippen LogP contribution in [0.5, 0.6) is 11.5 Å². The van der Waals surface area contributed by atoms with Gasteiger partial charge in [-0.15, -0.1) is 0 Å². The van der Waals surface area contributed by atoms with Crippen LogP contribution in [0.15, 0.2) is 6.07 Å². The normalized spacial score (nSPS) is 13.1. The molecule has 6 heteroatoms. The molecule has 0 fully saturated rings. The van der Waals surface area contributed by atoms with Gasteiger partial charge in [-0.05, 0) is 32.4 Å². The van der Waals surface area contributed by atoms with Crippen LogP contribution in [-0.4, -0.2) is 47.9 Å². The van der Waals surface area contributed by atoms with Gasteiger partial charge in [-0.25, -0.2) is 0 Å². The highest BCUT2D eigenvalue weighted by Crippen LogP contribution is 2.35. The van der Waals surface area contributed by atoms with E-state index in [0.717, 1.165) is 11.1 Å². The van der Waals surface area contributed by atoms with Crippen LogP contribution in [0, 0.1) is 6.92 Å². The molecule has 0 aliphatic rings. The van der Waals surface area contributed by atoms with E-state index < -0.39 is 11.7 Å². The molecule has 0 saturated carbocycles. The second-order valence-electron chi connectivity index (χ2n) is 5.74. The summed E-state index contributed by atoms with van der Waals surface area (Å²) in [4.78, 5) is 0. The molecule has 1 aromatic carbocycles. The van der Waals surface area contributed by atoms with E-state index in [1.54, 1.807) is 13.2 Å². The third-order valence-electron chi connectivity index (χ3n) is 3.55. The topological polar surface area (TPSA) is 88.4 Å². The van der Waals surface area contributed by atoms with E-state index in [-0.39, 0.29) is 13.2 Å². The van der Waals surface area contributed by atoms with Crippen molar-refractivity contribution in [2.45, 2.75) is 45.7 Å². The Morgan fingerprint density at radius 2 is 1.91 bits per heavy atom. The van der Waals surface area contributed by atoms with E-state index in [1.807, 2.05) is 6.92 Å². The maximum Gasteiger partial charge on any atom is 0.131 e. The Morgan fingerprint density at radius 1 is 1.27 bits per heavy atom. The number of hydrogen-bond donors (Lipinski definition) is 3. The van der Waals surface area contributed by atoms with Gasteiger partial charge >= 0.3 is 0 Å². The second kappa shape index (κ2) is 7.78. The van der Waals surface area contributed by atoms with Crippen molar-refractivity contribution < 1.29 is 29.5 Å². The lowest BCUT2D eigenvalue weighted by Gasteiger charge is -2.25. The van der Waals surface area contributed by atoms with Gasteiger partial charge in [-0.1, -0.05) is 0 Å². The minimum atomic E-state index is -1.26. The van der Waals surface area contributed by atoms with Crippen LogP contribution >= 0.6 is 0 Å². The summed E-state index contributed by atoms with van der Waals surface area (Å²) in [6, 6.07) is 1.70. The lowest BCUT2D eigenvalue weighted by Crippen LogP contribution is -2.40. The highest BCUT2D eigenvalue weighted by molar-refractivity contribution is 5.53. The van der Waals surface area contributed by atoms with Crippen LogP contribution in [-0.2, 0) is 18.0 Å². The van der Waals surface area contributed by atoms with Gasteiger partial charge in [-0.2, -0.15) is 0 Å². The van der Waals surface area contributed by atoms with Gasteiger partial charge < -0.3 is 29.5 Å². The molecule has 3 N–H and O–H groups in total. The number of aliphatic hydroxyl groups is 3. The monoisotopic (exact) mass is 314 g/mol. The zero-order chi connectivity index (χ0) is 16.9. The fourth-order valence-electron chi connectivity index (χ4n) is 2.08. The molecular weight excluding hydrogens is 288 g/mol. The van der Waals surface area contributed by atoms with Gasteiger partial charge in [0.2, 0.25) is 0 Å². The number of hydrogen-bond acceptors (Lipinski definition) is 6. The van der Waals surface area contributed by atoms with Crippen molar-refractivity contribution in [3.63, 3.8) is 0 Å². The van der Waals surface area contributed by atoms with Gasteiger partial charge in [-0.3, -0.25) is 0 Å². The summed E-state index contributed by atoms with van der Waals surface area (Å²) in [5.41, 5.74) is 0.889. The molecule has 1 rings (SSSR count). The molecule has 0 radical (unpaired) electrons. The zero-order valence-electron chi connectivity index (χ0n) is 13.8. The first-order valence-corrected chi connectivity index (χ1v) is 7.08. The first-order chi connectivity index (χ1) is 10.3. The summed E-state index contributed by atoms with van der Waals surface area (Å²) in [7, 11) is 3.11. The maximum atomic E-state index is 9.85. The Kier molecular flexibility index (Phi) is 6.62. The Hall–Kier alpha value is -1.34. The summed E-state index contributed by atoms with van der Waals surface area (Å²) in [5.74, 6) is 1.07. The van der Waals surface area contributed by atoms with Crippen molar-refractivity contribution in [1.82, 2.24) is 0 Å². The first kappa shape index (κ1) is 18.7. The van der Waals surface area contributed by atoms with Crippen LogP contribution in [0.25, 0.3) is 0 Å². The van der Waals surface area contributed by atoms with Crippen molar-refractivity contribution in [2.75, 3.05) is 20.8 Å². The number of methoxy groups -OCH3 is 2. The van der Waals surface area contributed by atoms with Crippen LogP contribution in [0.4, 0.5) is 0 Å². The molecule has 0 spiro atoms. The van der Waals surface area contributed by atoms with Crippen molar-refractivity contribution in [3.8, 4) is 11.5 Å². The van der Waals surface area contributed by atoms with Gasteiger partial charge in [0.05, 0.1) is 25.9 Å². The van der Waals surface area contributed by atoms with Crippen molar-refractivity contribution >= 4 is 0 Å². The molecule has 0 bridgehead atoms. The molecule has 0 unspecified atom stereocenters. The SMILES string of the molecule is COCc1c(CO)cc(OC[C@H](O)C(C)(C)O)c(C)c1OC. The van der Waals surface area contributed by atoms with Crippen molar-refractivity contribution in [3.05, 3.63) is 22.8 Å². The third kappa shape index (κ3) is 4.33. The molecule has 6 nitrogen and oxygen atoms in total. The molecule has 0 aromatic heterocycles. The zero-order valence-corrected chi connectivity index (χ0v) is 13.8. The number of benzene rings is 1. The lowest BCUT2D eigenvalue weighted by atomic mass is 10.0. The highest BCUT2D eigenvalue weighted by Gasteiger charge is 2.26. The standard InChI is InChI=1S/C16H26O6/c1-10-13(22-9-14(18)16(2,3)19)6-11(7-17)12(8-20-4)15(10)21-5/h6,14,17-19H,7-9H2,1-5H3/t14-/m0/s1. The van der Waals surface area contributed by atoms with Crippen molar-refractivity contribution in [1.29, 1.82) is 0 Å². The molecule has 0 heterocycles. The van der Waals surface area contributed by atoms with Crippen LogP contribution in [0.1, 0.15) is 30.5 Å². The van der Waals surface area contributed by atoms with E-state index in [2.05, 4.69) is 0 Å². The van der Waals surface area contributed by atoms with Gasteiger partial charge in [0.15, 0.2) is 0 Å². The molecular formula is C16H26O6. The first-order valence-electron chi connectivity index (χ1n) is 7.08. The number of rotatable bonds is 8. The minimum absolute atomic E-state index is 0.0675. The van der Waals surface area contributed by atoms with E-state index in [9.17, 15) is 15.3 Å². The fourth-order valence-corrected chi connectivity index (χ4v) is 2.08. The highest BCUT2D eigenvalue weighted by atomic mass is 16.5. The Morgan fingerprint density at radius 3 is 2.36 bits per heavy atom. The van der Waals surface area contributed by atoms with E-state index in [1.165, 1.54) is 21.0 Å². The second-order valence-corrected chi connectivity index (χ2v) is 5.74. The van der Waals surface area contributed by atoms with Gasteiger partial charge in [0, 0.05) is 18.2 Å². The molecule has 0 aliphatic heterocycles. The molecule has 0 aliphatic carbocycles. The third-order valence-corrected chi connectivity index (χ3v) is 3.55. The fraction of sp³-hybridized carbons (Fsp3) is 0.625. The van der Waals surface area contributed by atoms with Crippen LogP contribution in [0.2, 0.25) is 0 Å². The summed E-state index contributed by atoms with van der Waals surface area (Å²) in [6.07, 6.45) is -1.03. The maximum absolute atomic E-state index is 9.85. The Labute approximate surface area is 131 Å². The molecule has 22 heavy (non-hydrogen) atoms. The minimum Gasteiger partial charge on any atom is -0.496 e. The molecule has 1 atom stereocenters. The summed E-state index contributed by atoms with van der Waals surface area (Å²) >= 11 is 0. The van der Waals surface area contributed by atoms with E-state index in [4.69, 9.17) is 14.2 Å². The van der Waals surface area contributed by atoms with Gasteiger partial charge in [0.25, 0.3) is 0 Å². The number of ether oxygens (including phenoxy) is 3. The predicted octanol–water partition coefficient (Wildman–Crippen LogP) is 1.15. The lowest BCUT2D eigenvalue weighted by molar-refractivity contribution is -0.0662. The van der Waals surface area contributed by atoms with E-state index in [0.29, 0.717) is 23.7 Å².